The van der Waals surface area contributed by atoms with Crippen molar-refractivity contribution in [1.29, 1.82) is 0 Å². The molecule has 0 radical (unpaired) electrons. The van der Waals surface area contributed by atoms with E-state index in [1.165, 1.54) is 6.08 Å². The number of hydrogen-bond donors (Lipinski definition) is 4. The Balaban J connectivity index is 2.42. The molecular formula is C10H13N5. The summed E-state index contributed by atoms with van der Waals surface area (Å²) in [6.07, 6.45) is 1.54. The van der Waals surface area contributed by atoms with E-state index in [0.29, 0.717) is 11.7 Å². The van der Waals surface area contributed by atoms with Crippen molar-refractivity contribution in [3.63, 3.8) is 0 Å². The molecule has 0 spiro atoms. The molecule has 5 heteroatoms. The van der Waals surface area contributed by atoms with E-state index in [0.717, 1.165) is 5.56 Å². The summed E-state index contributed by atoms with van der Waals surface area (Å²) in [4.78, 5) is 4.14. The monoisotopic (exact) mass is 203 g/mol. The molecule has 5 nitrogen and oxygen atoms in total. The van der Waals surface area contributed by atoms with Crippen molar-refractivity contribution in [2.75, 3.05) is 0 Å². The Morgan fingerprint density at radius 2 is 1.80 bits per heavy atom. The van der Waals surface area contributed by atoms with Gasteiger partial charge in [0.25, 0.3) is 0 Å². The van der Waals surface area contributed by atoms with Gasteiger partial charge in [0.15, 0.2) is 0 Å². The third-order valence-corrected chi connectivity index (χ3v) is 2.16. The quantitative estimate of drug-likeness (QED) is 0.495. The van der Waals surface area contributed by atoms with Crippen molar-refractivity contribution in [3.05, 3.63) is 47.8 Å². The summed E-state index contributed by atoms with van der Waals surface area (Å²) in [6, 6.07) is 9.39. The molecule has 1 heterocycles. The number of aliphatic imine (C=N–C) groups is 1. The van der Waals surface area contributed by atoms with E-state index in [2.05, 4.69) is 10.3 Å². The minimum absolute atomic E-state index is 0.317. The van der Waals surface area contributed by atoms with Crippen molar-refractivity contribution >= 4 is 5.84 Å². The fourth-order valence-electron chi connectivity index (χ4n) is 1.51. The lowest BCUT2D eigenvalue weighted by Crippen LogP contribution is -2.53. The van der Waals surface area contributed by atoms with Crippen molar-refractivity contribution < 1.29 is 0 Å². The van der Waals surface area contributed by atoms with Gasteiger partial charge in [-0.3, -0.25) is 5.73 Å². The highest BCUT2D eigenvalue weighted by Crippen LogP contribution is 2.19. The fraction of sp³-hybridized carbons (Fsp3) is 0.100. The summed E-state index contributed by atoms with van der Waals surface area (Å²) in [7, 11) is 0. The first kappa shape index (κ1) is 9.54. The van der Waals surface area contributed by atoms with Crippen LogP contribution in [0.4, 0.5) is 0 Å². The van der Waals surface area contributed by atoms with E-state index < -0.39 is 5.79 Å². The average molecular weight is 203 g/mol. The van der Waals surface area contributed by atoms with E-state index >= 15 is 0 Å². The maximum Gasteiger partial charge on any atom is 0.212 e. The third-order valence-electron chi connectivity index (χ3n) is 2.16. The first-order chi connectivity index (χ1) is 7.10. The van der Waals surface area contributed by atoms with Crippen molar-refractivity contribution in [3.8, 4) is 0 Å². The predicted octanol–water partition coefficient (Wildman–Crippen LogP) is -0.484. The van der Waals surface area contributed by atoms with Crippen LogP contribution in [0.25, 0.3) is 0 Å². The lowest BCUT2D eigenvalue weighted by molar-refractivity contribution is 0.392. The molecule has 1 aromatic carbocycles. The van der Waals surface area contributed by atoms with Crippen LogP contribution in [0.3, 0.4) is 0 Å². The van der Waals surface area contributed by atoms with E-state index in [9.17, 15) is 0 Å². The summed E-state index contributed by atoms with van der Waals surface area (Å²) < 4.78 is 0. The Bertz CT molecular complexity index is 423. The smallest absolute Gasteiger partial charge is 0.212 e. The van der Waals surface area contributed by atoms with Gasteiger partial charge in [-0.15, -0.1) is 0 Å². The second kappa shape index (κ2) is 3.29. The fourth-order valence-corrected chi connectivity index (χ4v) is 1.51. The Kier molecular flexibility index (Phi) is 2.09. The first-order valence-electron chi connectivity index (χ1n) is 4.55. The average Bonchev–Trinajstić information content (AvgIpc) is 2.17. The van der Waals surface area contributed by atoms with Crippen LogP contribution in [0.5, 0.6) is 0 Å². The largest absolute Gasteiger partial charge is 0.385 e. The molecule has 0 bridgehead atoms. The Morgan fingerprint density at radius 3 is 2.40 bits per heavy atom. The van der Waals surface area contributed by atoms with Gasteiger partial charge in [0.1, 0.15) is 11.7 Å². The molecule has 0 saturated carbocycles. The molecule has 0 fully saturated rings. The van der Waals surface area contributed by atoms with Crippen molar-refractivity contribution in [2.24, 2.45) is 22.2 Å². The number of rotatable bonds is 1. The highest BCUT2D eigenvalue weighted by molar-refractivity contribution is 5.92. The number of hydrogen-bond acceptors (Lipinski definition) is 5. The molecule has 1 aliphatic heterocycles. The Morgan fingerprint density at radius 1 is 1.13 bits per heavy atom. The summed E-state index contributed by atoms with van der Waals surface area (Å²) >= 11 is 0. The standard InChI is InChI=1S/C10H13N5/c11-8-6-9(12)15-10(13,14-8)7-4-2-1-3-5-7/h1-6,14H,11,13H2,(H2,12,15). The van der Waals surface area contributed by atoms with E-state index in [4.69, 9.17) is 17.2 Å². The van der Waals surface area contributed by atoms with E-state index in [-0.39, 0.29) is 0 Å². The number of nitrogens with two attached hydrogens (primary N) is 3. The topological polar surface area (TPSA) is 102 Å². The zero-order chi connectivity index (χ0) is 10.9. The number of nitrogens with zero attached hydrogens (tertiary/aromatic N) is 1. The lowest BCUT2D eigenvalue weighted by Gasteiger charge is -2.30. The zero-order valence-corrected chi connectivity index (χ0v) is 8.14. The third kappa shape index (κ3) is 1.77. The highest BCUT2D eigenvalue weighted by Gasteiger charge is 2.29. The lowest BCUT2D eigenvalue weighted by atomic mass is 10.1. The van der Waals surface area contributed by atoms with Crippen LogP contribution in [0.1, 0.15) is 5.56 Å². The molecule has 1 aromatic rings. The van der Waals surface area contributed by atoms with Gasteiger partial charge in [-0.05, 0) is 0 Å². The number of nitrogens with one attached hydrogen (secondary N) is 1. The molecule has 0 aromatic heterocycles. The van der Waals surface area contributed by atoms with Gasteiger partial charge in [-0.2, -0.15) is 0 Å². The zero-order valence-electron chi connectivity index (χ0n) is 8.14. The van der Waals surface area contributed by atoms with Gasteiger partial charge < -0.3 is 16.8 Å². The molecule has 7 N–H and O–H groups in total. The maximum absolute atomic E-state index is 6.06. The second-order valence-corrected chi connectivity index (χ2v) is 3.39. The van der Waals surface area contributed by atoms with Gasteiger partial charge in [-0.1, -0.05) is 30.3 Å². The maximum atomic E-state index is 6.06. The Labute approximate surface area is 87.7 Å². The molecule has 1 aliphatic rings. The predicted molar refractivity (Wildman–Crippen MR) is 59.3 cm³/mol. The van der Waals surface area contributed by atoms with Gasteiger partial charge >= 0.3 is 0 Å². The summed E-state index contributed by atoms with van der Waals surface area (Å²) in [6.45, 7) is 0. The van der Waals surface area contributed by atoms with Crippen LogP contribution < -0.4 is 22.5 Å². The van der Waals surface area contributed by atoms with Crippen LogP contribution in [0.15, 0.2) is 47.2 Å². The molecule has 15 heavy (non-hydrogen) atoms. The van der Waals surface area contributed by atoms with E-state index in [1.54, 1.807) is 0 Å². The molecular weight excluding hydrogens is 190 g/mol. The second-order valence-electron chi connectivity index (χ2n) is 3.39. The van der Waals surface area contributed by atoms with Gasteiger partial charge in [-0.25, -0.2) is 4.99 Å². The summed E-state index contributed by atoms with van der Waals surface area (Å²) in [5.41, 5.74) is 18.1. The minimum Gasteiger partial charge on any atom is -0.385 e. The van der Waals surface area contributed by atoms with E-state index in [1.807, 2.05) is 30.3 Å². The highest BCUT2D eigenvalue weighted by atomic mass is 15.3. The van der Waals surface area contributed by atoms with Crippen LogP contribution in [-0.2, 0) is 5.79 Å². The molecule has 0 aliphatic carbocycles. The molecule has 0 amide bonds. The van der Waals surface area contributed by atoms with Crippen molar-refractivity contribution in [2.45, 2.75) is 5.79 Å². The molecule has 2 rings (SSSR count). The van der Waals surface area contributed by atoms with Crippen molar-refractivity contribution in [1.82, 2.24) is 5.32 Å². The van der Waals surface area contributed by atoms with Gasteiger partial charge in [0.05, 0.1) is 0 Å². The SMILES string of the molecule is NC1=CC(N)=NC(N)(c2ccccc2)N1. The van der Waals surface area contributed by atoms with Crippen LogP contribution in [0.2, 0.25) is 0 Å². The first-order valence-corrected chi connectivity index (χ1v) is 4.55. The normalized spacial score (nSPS) is 25.1. The number of amidine groups is 1. The Hall–Kier alpha value is -2.01. The summed E-state index contributed by atoms with van der Waals surface area (Å²) in [5, 5.41) is 2.89. The summed E-state index contributed by atoms with van der Waals surface area (Å²) in [5.74, 6) is -0.337. The van der Waals surface area contributed by atoms with Crippen LogP contribution >= 0.6 is 0 Å². The van der Waals surface area contributed by atoms with Gasteiger partial charge in [0, 0.05) is 11.6 Å². The minimum atomic E-state index is -1.07. The molecule has 0 saturated heterocycles. The molecule has 1 unspecified atom stereocenters. The van der Waals surface area contributed by atoms with Crippen LogP contribution in [0, 0.1) is 0 Å². The van der Waals surface area contributed by atoms with Crippen LogP contribution in [-0.4, -0.2) is 5.84 Å². The van der Waals surface area contributed by atoms with Gasteiger partial charge in [0.2, 0.25) is 5.79 Å². The molecule has 1 atom stereocenters. The number of benzene rings is 1. The molecule has 78 valence electrons.